The van der Waals surface area contributed by atoms with Crippen LogP contribution in [0.2, 0.25) is 0 Å². The van der Waals surface area contributed by atoms with Crippen molar-refractivity contribution in [3.05, 3.63) is 0 Å². The molecule has 96 valence electrons. The second-order valence-corrected chi connectivity index (χ2v) is 5.58. The maximum Gasteiger partial charge on any atom is 0.417 e. The maximum absolute atomic E-state index is 11.8. The van der Waals surface area contributed by atoms with E-state index in [4.69, 9.17) is 4.74 Å². The SMILES string of the molecule is CC(C)(C)OC(=O)N1C(=O)[C@H]2C[C@@H]1[C@H](O)[C@@H]2O. The Morgan fingerprint density at radius 2 is 1.94 bits per heavy atom. The third-order valence-corrected chi connectivity index (χ3v) is 3.13. The highest BCUT2D eigenvalue weighted by Crippen LogP contribution is 2.39. The van der Waals surface area contributed by atoms with Crippen LogP contribution in [0, 0.1) is 5.92 Å². The van der Waals surface area contributed by atoms with Crippen LogP contribution in [0.15, 0.2) is 0 Å². The standard InChI is InChI=1S/C11H17NO5/c1-11(2,3)17-10(16)12-6-4-5(9(12)15)7(13)8(6)14/h5-8,13-14H,4H2,1-3H3/t5-,6+,7+,8-/m0/s1. The number of rotatable bonds is 0. The smallest absolute Gasteiger partial charge is 0.417 e. The molecule has 0 spiro atoms. The van der Waals surface area contributed by atoms with Gasteiger partial charge < -0.3 is 14.9 Å². The first-order valence-electron chi connectivity index (χ1n) is 5.64. The van der Waals surface area contributed by atoms with Crippen molar-refractivity contribution < 1.29 is 24.5 Å². The summed E-state index contributed by atoms with van der Waals surface area (Å²) in [6, 6.07) is -0.655. The van der Waals surface area contributed by atoms with E-state index in [2.05, 4.69) is 0 Å². The van der Waals surface area contributed by atoms with Crippen molar-refractivity contribution in [1.29, 1.82) is 0 Å². The van der Waals surface area contributed by atoms with E-state index >= 15 is 0 Å². The Morgan fingerprint density at radius 3 is 2.41 bits per heavy atom. The van der Waals surface area contributed by atoms with Gasteiger partial charge in [-0.2, -0.15) is 0 Å². The summed E-state index contributed by atoms with van der Waals surface area (Å²) >= 11 is 0. The van der Waals surface area contributed by atoms with E-state index in [1.807, 2.05) is 0 Å². The van der Waals surface area contributed by atoms with Crippen LogP contribution in [0.4, 0.5) is 4.79 Å². The van der Waals surface area contributed by atoms with Gasteiger partial charge >= 0.3 is 6.09 Å². The van der Waals surface area contributed by atoms with Gasteiger partial charge in [-0.3, -0.25) is 4.79 Å². The topological polar surface area (TPSA) is 87.1 Å². The first kappa shape index (κ1) is 12.3. The highest BCUT2D eigenvalue weighted by Gasteiger charge is 2.58. The second-order valence-electron chi connectivity index (χ2n) is 5.58. The summed E-state index contributed by atoms with van der Waals surface area (Å²) in [5.41, 5.74) is -0.692. The number of amides is 2. The lowest BCUT2D eigenvalue weighted by Crippen LogP contribution is -2.54. The average molecular weight is 243 g/mol. The molecule has 2 N–H and O–H groups in total. The molecule has 0 aromatic rings. The molecule has 1 aliphatic carbocycles. The predicted molar refractivity (Wildman–Crippen MR) is 57.0 cm³/mol. The Balaban J connectivity index is 2.14. The Kier molecular flexibility index (Phi) is 2.67. The van der Waals surface area contributed by atoms with E-state index in [1.165, 1.54) is 0 Å². The third-order valence-electron chi connectivity index (χ3n) is 3.13. The van der Waals surface area contributed by atoms with Crippen LogP contribution < -0.4 is 0 Å². The number of ether oxygens (including phenoxy) is 1. The van der Waals surface area contributed by atoms with Crippen LogP contribution in [0.1, 0.15) is 27.2 Å². The van der Waals surface area contributed by atoms with E-state index in [9.17, 15) is 19.8 Å². The van der Waals surface area contributed by atoms with Crippen molar-refractivity contribution in [2.75, 3.05) is 0 Å². The van der Waals surface area contributed by atoms with Gasteiger partial charge in [0.1, 0.15) is 11.7 Å². The van der Waals surface area contributed by atoms with E-state index in [0.29, 0.717) is 6.42 Å². The zero-order chi connectivity index (χ0) is 13.0. The van der Waals surface area contributed by atoms with Crippen LogP contribution in [-0.4, -0.2) is 51.0 Å². The quantitative estimate of drug-likeness (QED) is 0.619. The van der Waals surface area contributed by atoms with Crippen LogP contribution in [-0.2, 0) is 9.53 Å². The summed E-state index contributed by atoms with van der Waals surface area (Å²) in [5, 5.41) is 19.2. The highest BCUT2D eigenvalue weighted by molar-refractivity contribution is 5.97. The van der Waals surface area contributed by atoms with Crippen LogP contribution in [0.3, 0.4) is 0 Å². The third kappa shape index (κ3) is 1.91. The summed E-state index contributed by atoms with van der Waals surface area (Å²) in [5.74, 6) is -1.13. The van der Waals surface area contributed by atoms with E-state index in [-0.39, 0.29) is 0 Å². The van der Waals surface area contributed by atoms with E-state index in [1.54, 1.807) is 20.8 Å². The molecule has 2 fully saturated rings. The number of fused-ring (bicyclic) bond motifs is 2. The molecular formula is C11H17NO5. The molecule has 1 saturated heterocycles. The highest BCUT2D eigenvalue weighted by atomic mass is 16.6. The number of aliphatic hydroxyl groups is 2. The van der Waals surface area contributed by atoms with Crippen molar-refractivity contribution in [2.24, 2.45) is 5.92 Å². The molecular weight excluding hydrogens is 226 g/mol. The van der Waals surface area contributed by atoms with Crippen LogP contribution in [0.25, 0.3) is 0 Å². The Morgan fingerprint density at radius 1 is 1.35 bits per heavy atom. The maximum atomic E-state index is 11.8. The van der Waals surface area contributed by atoms with Gasteiger partial charge in [0.05, 0.1) is 18.1 Å². The Hall–Kier alpha value is -1.14. The molecule has 2 rings (SSSR count). The molecule has 1 aliphatic heterocycles. The number of likely N-dealkylation sites (tertiary alicyclic amines) is 1. The van der Waals surface area contributed by atoms with Crippen molar-refractivity contribution in [3.63, 3.8) is 0 Å². The number of hydrogen-bond acceptors (Lipinski definition) is 5. The number of piperidine rings is 1. The lowest BCUT2D eigenvalue weighted by atomic mass is 10.0. The van der Waals surface area contributed by atoms with Gasteiger partial charge in [0.2, 0.25) is 5.91 Å². The van der Waals surface area contributed by atoms with E-state index < -0.39 is 41.8 Å². The molecule has 6 heteroatoms. The molecule has 6 nitrogen and oxygen atoms in total. The normalized spacial score (nSPS) is 36.5. The van der Waals surface area contributed by atoms with Crippen molar-refractivity contribution in [1.82, 2.24) is 4.90 Å². The fourth-order valence-electron chi connectivity index (χ4n) is 2.39. The number of hydrogen-bond donors (Lipinski definition) is 2. The molecule has 0 unspecified atom stereocenters. The summed E-state index contributed by atoms with van der Waals surface area (Å²) in [4.78, 5) is 24.5. The van der Waals surface area contributed by atoms with Gasteiger partial charge in [0, 0.05) is 0 Å². The zero-order valence-corrected chi connectivity index (χ0v) is 10.1. The first-order valence-corrected chi connectivity index (χ1v) is 5.64. The Bertz CT molecular complexity index is 361. The molecule has 17 heavy (non-hydrogen) atoms. The molecule has 2 amide bonds. The molecule has 1 saturated carbocycles. The largest absolute Gasteiger partial charge is 0.443 e. The van der Waals surface area contributed by atoms with Gasteiger partial charge in [-0.25, -0.2) is 9.69 Å². The van der Waals surface area contributed by atoms with Crippen LogP contribution in [0.5, 0.6) is 0 Å². The second kappa shape index (κ2) is 3.68. The number of imide groups is 1. The molecule has 2 aliphatic rings. The first-order chi connectivity index (χ1) is 7.72. The Labute approximate surface area is 99.2 Å². The minimum Gasteiger partial charge on any atom is -0.443 e. The summed E-state index contributed by atoms with van der Waals surface area (Å²) in [6.07, 6.45) is -2.57. The zero-order valence-electron chi connectivity index (χ0n) is 10.1. The van der Waals surface area contributed by atoms with E-state index in [0.717, 1.165) is 4.90 Å². The molecule has 2 bridgehead atoms. The number of nitrogens with zero attached hydrogens (tertiary/aromatic N) is 1. The lowest BCUT2D eigenvalue weighted by molar-refractivity contribution is -0.144. The van der Waals surface area contributed by atoms with Gasteiger partial charge in [-0.1, -0.05) is 0 Å². The molecule has 0 aromatic heterocycles. The fourth-order valence-corrected chi connectivity index (χ4v) is 2.39. The molecule has 0 radical (unpaired) electrons. The monoisotopic (exact) mass is 243 g/mol. The summed E-state index contributed by atoms with van der Waals surface area (Å²) in [6.45, 7) is 5.11. The molecule has 0 aromatic carbocycles. The average Bonchev–Trinajstić information content (AvgIpc) is 2.62. The minimum absolute atomic E-state index is 0.306. The van der Waals surface area contributed by atoms with Crippen molar-refractivity contribution >= 4 is 12.0 Å². The van der Waals surface area contributed by atoms with Gasteiger partial charge in [-0.05, 0) is 27.2 Å². The molecule has 4 atom stereocenters. The molecule has 1 heterocycles. The number of carbonyl (C=O) groups is 2. The van der Waals surface area contributed by atoms with Crippen LogP contribution >= 0.6 is 0 Å². The van der Waals surface area contributed by atoms with Gasteiger partial charge in [0.15, 0.2) is 0 Å². The van der Waals surface area contributed by atoms with Crippen molar-refractivity contribution in [2.45, 2.75) is 51.0 Å². The van der Waals surface area contributed by atoms with Gasteiger partial charge in [-0.15, -0.1) is 0 Å². The number of aliphatic hydroxyl groups excluding tert-OH is 2. The number of carbonyl (C=O) groups excluding carboxylic acids is 2. The lowest BCUT2D eigenvalue weighted by Gasteiger charge is -2.33. The predicted octanol–water partition coefficient (Wildman–Crippen LogP) is -0.126. The summed E-state index contributed by atoms with van der Waals surface area (Å²) < 4.78 is 5.10. The van der Waals surface area contributed by atoms with Crippen molar-refractivity contribution in [3.8, 4) is 0 Å². The minimum atomic E-state index is -1.06. The fraction of sp³-hybridized carbons (Fsp3) is 0.818. The summed E-state index contributed by atoms with van der Waals surface area (Å²) in [7, 11) is 0. The van der Waals surface area contributed by atoms with Gasteiger partial charge in [0.25, 0.3) is 0 Å².